The fraction of sp³-hybridized carbons (Fsp3) is 0.409. The summed E-state index contributed by atoms with van der Waals surface area (Å²) in [7, 11) is -3.71. The van der Waals surface area contributed by atoms with Crippen LogP contribution in [-0.2, 0) is 14.8 Å². The predicted molar refractivity (Wildman–Crippen MR) is 121 cm³/mol. The fourth-order valence-corrected chi connectivity index (χ4v) is 6.50. The zero-order valence-corrected chi connectivity index (χ0v) is 19.7. The summed E-state index contributed by atoms with van der Waals surface area (Å²) in [6, 6.07) is 13.8. The van der Waals surface area contributed by atoms with Gasteiger partial charge in [-0.05, 0) is 50.5 Å². The second kappa shape index (κ2) is 8.37. The quantitative estimate of drug-likeness (QED) is 0.714. The Balaban J connectivity index is 1.58. The van der Waals surface area contributed by atoms with Gasteiger partial charge in [0.2, 0.25) is 15.9 Å². The molecule has 0 saturated carbocycles. The van der Waals surface area contributed by atoms with Gasteiger partial charge < -0.3 is 4.90 Å². The van der Waals surface area contributed by atoms with Gasteiger partial charge in [-0.25, -0.2) is 8.42 Å². The van der Waals surface area contributed by atoms with Gasteiger partial charge in [-0.15, -0.1) is 0 Å². The SMILES string of the molecule is CC1NC2(CCN(S(=O)(=O)c3ccc(Cl)c(Cl)c3)CC2)N(C(C)c2ccccc2)C1=O. The number of nitrogens with zero attached hydrogens (tertiary/aromatic N) is 2. The van der Waals surface area contributed by atoms with Crippen LogP contribution in [0.2, 0.25) is 10.0 Å². The molecule has 2 unspecified atom stereocenters. The number of nitrogens with one attached hydrogen (secondary N) is 1. The van der Waals surface area contributed by atoms with Crippen LogP contribution in [0.3, 0.4) is 0 Å². The Labute approximate surface area is 193 Å². The van der Waals surface area contributed by atoms with Gasteiger partial charge in [0.1, 0.15) is 0 Å². The maximum absolute atomic E-state index is 13.1. The number of sulfonamides is 1. The Morgan fingerprint density at radius 3 is 2.32 bits per heavy atom. The molecule has 0 radical (unpaired) electrons. The molecule has 0 bridgehead atoms. The van der Waals surface area contributed by atoms with Gasteiger partial charge in [0, 0.05) is 13.1 Å². The third kappa shape index (κ3) is 3.98. The topological polar surface area (TPSA) is 69.7 Å². The number of piperidine rings is 1. The van der Waals surface area contributed by atoms with E-state index in [0.717, 1.165) is 5.56 Å². The molecule has 2 aliphatic heterocycles. The molecule has 0 aliphatic carbocycles. The van der Waals surface area contributed by atoms with E-state index in [-0.39, 0.29) is 27.9 Å². The number of benzene rings is 2. The molecule has 2 aliphatic rings. The maximum Gasteiger partial charge on any atom is 0.243 e. The van der Waals surface area contributed by atoms with Gasteiger partial charge in [0.15, 0.2) is 0 Å². The molecule has 9 heteroatoms. The first-order valence-electron chi connectivity index (χ1n) is 10.3. The summed E-state index contributed by atoms with van der Waals surface area (Å²) in [4.78, 5) is 15.1. The summed E-state index contributed by atoms with van der Waals surface area (Å²) < 4.78 is 27.7. The smallest absolute Gasteiger partial charge is 0.243 e. The first kappa shape index (κ1) is 22.6. The highest BCUT2D eigenvalue weighted by atomic mass is 35.5. The van der Waals surface area contributed by atoms with Crippen molar-refractivity contribution in [2.75, 3.05) is 13.1 Å². The van der Waals surface area contributed by atoms with Gasteiger partial charge >= 0.3 is 0 Å². The maximum atomic E-state index is 13.1. The van der Waals surface area contributed by atoms with Crippen LogP contribution in [0.5, 0.6) is 0 Å². The van der Waals surface area contributed by atoms with Crippen molar-refractivity contribution in [1.82, 2.24) is 14.5 Å². The lowest BCUT2D eigenvalue weighted by Crippen LogP contribution is -2.59. The molecule has 2 aromatic rings. The molecule has 2 atom stereocenters. The molecule has 0 aromatic heterocycles. The van der Waals surface area contributed by atoms with Gasteiger partial charge in [-0.3, -0.25) is 10.1 Å². The summed E-state index contributed by atoms with van der Waals surface area (Å²) in [5.74, 6) is 0.0390. The van der Waals surface area contributed by atoms with Crippen molar-refractivity contribution in [3.8, 4) is 0 Å². The third-order valence-electron chi connectivity index (χ3n) is 6.30. The second-order valence-electron chi connectivity index (χ2n) is 8.17. The highest BCUT2D eigenvalue weighted by Gasteiger charge is 2.52. The number of hydrogen-bond acceptors (Lipinski definition) is 4. The number of rotatable bonds is 4. The fourth-order valence-electron chi connectivity index (χ4n) is 4.66. The lowest BCUT2D eigenvalue weighted by atomic mass is 9.94. The van der Waals surface area contributed by atoms with Crippen molar-refractivity contribution in [2.24, 2.45) is 0 Å². The Bertz CT molecular complexity index is 1090. The van der Waals surface area contributed by atoms with Crippen LogP contribution in [0, 0.1) is 0 Å². The van der Waals surface area contributed by atoms with E-state index >= 15 is 0 Å². The molecule has 166 valence electrons. The van der Waals surface area contributed by atoms with Crippen molar-refractivity contribution in [1.29, 1.82) is 0 Å². The van der Waals surface area contributed by atoms with Crippen LogP contribution in [-0.4, -0.2) is 48.3 Å². The van der Waals surface area contributed by atoms with Crippen LogP contribution in [0.15, 0.2) is 53.4 Å². The number of hydrogen-bond donors (Lipinski definition) is 1. The van der Waals surface area contributed by atoms with Crippen molar-refractivity contribution in [3.05, 3.63) is 64.1 Å². The van der Waals surface area contributed by atoms with Crippen LogP contribution >= 0.6 is 23.2 Å². The van der Waals surface area contributed by atoms with Gasteiger partial charge in [0.25, 0.3) is 0 Å². The molecule has 31 heavy (non-hydrogen) atoms. The molecule has 1 amide bonds. The van der Waals surface area contributed by atoms with Gasteiger partial charge in [0.05, 0.1) is 32.7 Å². The lowest BCUT2D eigenvalue weighted by molar-refractivity contribution is -0.136. The van der Waals surface area contributed by atoms with Gasteiger partial charge in [-0.2, -0.15) is 4.31 Å². The minimum absolute atomic E-state index is 0.0390. The zero-order chi connectivity index (χ0) is 22.4. The van der Waals surface area contributed by atoms with E-state index in [1.165, 1.54) is 22.5 Å². The molecule has 6 nitrogen and oxygen atoms in total. The number of halogens is 2. The highest BCUT2D eigenvalue weighted by molar-refractivity contribution is 7.89. The van der Waals surface area contributed by atoms with E-state index in [2.05, 4.69) is 5.32 Å². The minimum Gasteiger partial charge on any atom is -0.316 e. The highest BCUT2D eigenvalue weighted by Crippen LogP contribution is 2.40. The normalized spacial score (nSPS) is 22.8. The molecular formula is C22H25Cl2N3O3S. The minimum atomic E-state index is -3.71. The standard InChI is InChI=1S/C22H25Cl2N3O3S/c1-15-21(28)27(16(2)17-6-4-3-5-7-17)22(25-15)10-12-26(13-11-22)31(29,30)18-8-9-19(23)20(24)14-18/h3-9,14-16,25H,10-13H2,1-2H3. The Hall–Kier alpha value is -1.64. The van der Waals surface area contributed by atoms with Crippen LogP contribution in [0.1, 0.15) is 38.3 Å². The molecule has 2 fully saturated rings. The van der Waals surface area contributed by atoms with Crippen LogP contribution in [0.4, 0.5) is 0 Å². The van der Waals surface area contributed by atoms with Crippen LogP contribution < -0.4 is 5.32 Å². The average molecular weight is 482 g/mol. The first-order chi connectivity index (χ1) is 14.7. The Morgan fingerprint density at radius 1 is 1.06 bits per heavy atom. The van der Waals surface area contributed by atoms with Crippen LogP contribution in [0.25, 0.3) is 0 Å². The molecule has 2 heterocycles. The summed E-state index contributed by atoms with van der Waals surface area (Å²) in [5.41, 5.74) is 0.479. The van der Waals surface area contributed by atoms with Gasteiger partial charge in [-0.1, -0.05) is 53.5 Å². The van der Waals surface area contributed by atoms with E-state index in [9.17, 15) is 13.2 Å². The molecule has 2 aromatic carbocycles. The van der Waals surface area contributed by atoms with Crippen molar-refractivity contribution >= 4 is 39.1 Å². The van der Waals surface area contributed by atoms with E-state index in [4.69, 9.17) is 23.2 Å². The monoisotopic (exact) mass is 481 g/mol. The van der Waals surface area contributed by atoms with Crippen molar-refractivity contribution in [2.45, 2.75) is 49.3 Å². The molecule has 4 rings (SSSR count). The molecular weight excluding hydrogens is 457 g/mol. The van der Waals surface area contributed by atoms with Crippen molar-refractivity contribution < 1.29 is 13.2 Å². The molecule has 1 spiro atoms. The molecule has 1 N–H and O–H groups in total. The largest absolute Gasteiger partial charge is 0.316 e. The summed E-state index contributed by atoms with van der Waals surface area (Å²) in [6.07, 6.45) is 1.00. The number of carbonyl (C=O) groups excluding carboxylic acids is 1. The number of carbonyl (C=O) groups is 1. The summed E-state index contributed by atoms with van der Waals surface area (Å²) in [6.45, 7) is 4.48. The summed E-state index contributed by atoms with van der Waals surface area (Å²) in [5, 5.41) is 3.98. The predicted octanol–water partition coefficient (Wildman–Crippen LogP) is 4.06. The number of amides is 1. The Morgan fingerprint density at radius 2 is 1.71 bits per heavy atom. The zero-order valence-electron chi connectivity index (χ0n) is 17.4. The van der Waals surface area contributed by atoms with E-state index in [1.807, 2.05) is 49.1 Å². The third-order valence-corrected chi connectivity index (χ3v) is 8.94. The molecule has 2 saturated heterocycles. The van der Waals surface area contributed by atoms with Crippen molar-refractivity contribution in [3.63, 3.8) is 0 Å². The Kier molecular flexibility index (Phi) is 6.09. The second-order valence-corrected chi connectivity index (χ2v) is 10.9. The van der Waals surface area contributed by atoms with E-state index < -0.39 is 15.7 Å². The summed E-state index contributed by atoms with van der Waals surface area (Å²) >= 11 is 12.0. The lowest BCUT2D eigenvalue weighted by Gasteiger charge is -2.46. The van der Waals surface area contributed by atoms with E-state index in [1.54, 1.807) is 0 Å². The first-order valence-corrected chi connectivity index (χ1v) is 12.5. The average Bonchev–Trinajstić information content (AvgIpc) is 2.99. The van der Waals surface area contributed by atoms with E-state index in [0.29, 0.717) is 31.0 Å².